The molecule has 0 aromatic heterocycles. The Labute approximate surface area is 70.5 Å². The average Bonchev–Trinajstić information content (AvgIpc) is 1.86. The van der Waals surface area contributed by atoms with Crippen molar-refractivity contribution >= 4 is 10.0 Å². The molecule has 0 aromatic rings. The quantitative estimate of drug-likeness (QED) is 0.658. The highest BCUT2D eigenvalue weighted by atomic mass is 32.2. The molecular weight excluding hydrogens is 162 g/mol. The van der Waals surface area contributed by atoms with E-state index in [1.807, 2.05) is 6.92 Å². The van der Waals surface area contributed by atoms with Crippen LogP contribution in [0.3, 0.4) is 0 Å². The van der Waals surface area contributed by atoms with E-state index in [0.29, 0.717) is 6.54 Å². The van der Waals surface area contributed by atoms with Gasteiger partial charge in [-0.1, -0.05) is 14.4 Å². The number of sulfonamides is 1. The van der Waals surface area contributed by atoms with Gasteiger partial charge in [0.2, 0.25) is 10.0 Å². The van der Waals surface area contributed by atoms with E-state index >= 15 is 0 Å². The van der Waals surface area contributed by atoms with Gasteiger partial charge in [0.05, 0.1) is 5.25 Å². The van der Waals surface area contributed by atoms with Crippen LogP contribution in [0.2, 0.25) is 0 Å². The SMILES string of the molecule is C.CCN(C)S(=O)(=O)C(C)C. The lowest BCUT2D eigenvalue weighted by atomic mass is 10.6. The number of hydrogen-bond acceptors (Lipinski definition) is 2. The molecule has 0 spiro atoms. The predicted octanol–water partition coefficient (Wildman–Crippen LogP) is 1.31. The van der Waals surface area contributed by atoms with Gasteiger partial charge in [0, 0.05) is 13.6 Å². The zero-order valence-electron chi connectivity index (χ0n) is 6.96. The standard InChI is InChI=1S/C6H15NO2S.CH4/c1-5-7(4)10(8,9)6(2)3;/h6H,5H2,1-4H3;1H4. The van der Waals surface area contributed by atoms with E-state index in [-0.39, 0.29) is 12.7 Å². The van der Waals surface area contributed by atoms with Crippen LogP contribution in [0.5, 0.6) is 0 Å². The maximum atomic E-state index is 11.2. The molecule has 0 radical (unpaired) electrons. The minimum absolute atomic E-state index is 0. The van der Waals surface area contributed by atoms with Crippen molar-refractivity contribution in [2.24, 2.45) is 0 Å². The van der Waals surface area contributed by atoms with Crippen LogP contribution in [0.25, 0.3) is 0 Å². The van der Waals surface area contributed by atoms with Gasteiger partial charge in [-0.05, 0) is 13.8 Å². The molecule has 70 valence electrons. The Bertz CT molecular complexity index is 185. The summed E-state index contributed by atoms with van der Waals surface area (Å²) in [6.07, 6.45) is 0. The summed E-state index contributed by atoms with van der Waals surface area (Å²) in [7, 11) is -1.40. The molecule has 0 aliphatic carbocycles. The average molecular weight is 181 g/mol. The van der Waals surface area contributed by atoms with E-state index in [9.17, 15) is 8.42 Å². The molecule has 0 bridgehead atoms. The second-order valence-electron chi connectivity index (χ2n) is 2.51. The Morgan fingerprint density at radius 1 is 1.36 bits per heavy atom. The predicted molar refractivity (Wildman–Crippen MR) is 49.1 cm³/mol. The van der Waals surface area contributed by atoms with E-state index in [1.165, 1.54) is 4.31 Å². The third kappa shape index (κ3) is 3.20. The molecule has 0 aliphatic heterocycles. The fraction of sp³-hybridized carbons (Fsp3) is 1.00. The molecule has 0 atom stereocenters. The molecule has 0 N–H and O–H groups in total. The molecule has 0 amide bonds. The molecule has 0 saturated carbocycles. The fourth-order valence-corrected chi connectivity index (χ4v) is 1.62. The molecule has 11 heavy (non-hydrogen) atoms. The monoisotopic (exact) mass is 181 g/mol. The molecular formula is C7H19NO2S. The maximum absolute atomic E-state index is 11.2. The van der Waals surface area contributed by atoms with E-state index in [1.54, 1.807) is 20.9 Å². The number of hydrogen-bond donors (Lipinski definition) is 0. The van der Waals surface area contributed by atoms with E-state index in [0.717, 1.165) is 0 Å². The van der Waals surface area contributed by atoms with Crippen molar-refractivity contribution < 1.29 is 8.42 Å². The van der Waals surface area contributed by atoms with Crippen LogP contribution in [0.1, 0.15) is 28.2 Å². The third-order valence-electron chi connectivity index (χ3n) is 1.48. The first-order valence-electron chi connectivity index (χ1n) is 3.38. The van der Waals surface area contributed by atoms with Crippen LogP contribution in [0.15, 0.2) is 0 Å². The number of rotatable bonds is 3. The van der Waals surface area contributed by atoms with Gasteiger partial charge in [-0.25, -0.2) is 12.7 Å². The molecule has 4 heteroatoms. The molecule has 0 unspecified atom stereocenters. The topological polar surface area (TPSA) is 37.4 Å². The summed E-state index contributed by atoms with van der Waals surface area (Å²) in [5.41, 5.74) is 0. The molecule has 0 saturated heterocycles. The highest BCUT2D eigenvalue weighted by Crippen LogP contribution is 2.04. The summed E-state index contributed by atoms with van der Waals surface area (Å²) < 4.78 is 23.7. The highest BCUT2D eigenvalue weighted by Gasteiger charge is 2.19. The fourth-order valence-electron chi connectivity index (χ4n) is 0.540. The van der Waals surface area contributed by atoms with Crippen molar-refractivity contribution in [2.45, 2.75) is 33.4 Å². The van der Waals surface area contributed by atoms with Gasteiger partial charge in [-0.2, -0.15) is 0 Å². The smallest absolute Gasteiger partial charge is 0.212 e. The number of nitrogens with zero attached hydrogens (tertiary/aromatic N) is 1. The van der Waals surface area contributed by atoms with Crippen LogP contribution >= 0.6 is 0 Å². The lowest BCUT2D eigenvalue weighted by Gasteiger charge is -2.16. The van der Waals surface area contributed by atoms with Crippen molar-refractivity contribution in [1.29, 1.82) is 0 Å². The van der Waals surface area contributed by atoms with Crippen molar-refractivity contribution in [3.8, 4) is 0 Å². The molecule has 0 aromatic carbocycles. The molecule has 0 aliphatic rings. The first-order valence-corrected chi connectivity index (χ1v) is 4.88. The summed E-state index contributed by atoms with van der Waals surface area (Å²) in [6, 6.07) is 0. The Morgan fingerprint density at radius 3 is 1.82 bits per heavy atom. The second-order valence-corrected chi connectivity index (χ2v) is 5.10. The Kier molecular flexibility index (Phi) is 5.79. The zero-order valence-corrected chi connectivity index (χ0v) is 7.77. The van der Waals surface area contributed by atoms with Gasteiger partial charge in [0.15, 0.2) is 0 Å². The lowest BCUT2D eigenvalue weighted by Crippen LogP contribution is -2.32. The van der Waals surface area contributed by atoms with Gasteiger partial charge in [-0.3, -0.25) is 0 Å². The van der Waals surface area contributed by atoms with Gasteiger partial charge < -0.3 is 0 Å². The Balaban J connectivity index is 0. The van der Waals surface area contributed by atoms with Crippen LogP contribution in [0.4, 0.5) is 0 Å². The highest BCUT2D eigenvalue weighted by molar-refractivity contribution is 7.89. The van der Waals surface area contributed by atoms with Crippen molar-refractivity contribution in [3.63, 3.8) is 0 Å². The first kappa shape index (κ1) is 13.5. The van der Waals surface area contributed by atoms with E-state index < -0.39 is 10.0 Å². The maximum Gasteiger partial charge on any atom is 0.216 e. The molecule has 0 fully saturated rings. The Hall–Kier alpha value is -0.0900. The van der Waals surface area contributed by atoms with Crippen LogP contribution in [-0.4, -0.2) is 31.6 Å². The summed E-state index contributed by atoms with van der Waals surface area (Å²) >= 11 is 0. The summed E-state index contributed by atoms with van der Waals surface area (Å²) in [4.78, 5) is 0. The Morgan fingerprint density at radius 2 is 1.73 bits per heavy atom. The van der Waals surface area contributed by atoms with Crippen LogP contribution < -0.4 is 0 Å². The normalized spacial score (nSPS) is 11.8. The lowest BCUT2D eigenvalue weighted by molar-refractivity contribution is 0.478. The van der Waals surface area contributed by atoms with Gasteiger partial charge in [0.25, 0.3) is 0 Å². The third-order valence-corrected chi connectivity index (χ3v) is 3.79. The van der Waals surface area contributed by atoms with E-state index in [4.69, 9.17) is 0 Å². The molecule has 0 heterocycles. The van der Waals surface area contributed by atoms with Gasteiger partial charge >= 0.3 is 0 Å². The van der Waals surface area contributed by atoms with Crippen molar-refractivity contribution in [2.75, 3.05) is 13.6 Å². The first-order chi connectivity index (χ1) is 4.42. The summed E-state index contributed by atoms with van der Waals surface area (Å²) in [6.45, 7) is 5.73. The minimum atomic E-state index is -2.99. The van der Waals surface area contributed by atoms with E-state index in [2.05, 4.69) is 0 Å². The second kappa shape index (κ2) is 4.72. The van der Waals surface area contributed by atoms with Crippen molar-refractivity contribution in [3.05, 3.63) is 0 Å². The van der Waals surface area contributed by atoms with Crippen molar-refractivity contribution in [1.82, 2.24) is 4.31 Å². The minimum Gasteiger partial charge on any atom is -0.212 e. The van der Waals surface area contributed by atoms with Gasteiger partial charge in [0.1, 0.15) is 0 Å². The summed E-state index contributed by atoms with van der Waals surface area (Å²) in [5.74, 6) is 0. The zero-order chi connectivity index (χ0) is 8.36. The van der Waals surface area contributed by atoms with Gasteiger partial charge in [-0.15, -0.1) is 0 Å². The summed E-state index contributed by atoms with van der Waals surface area (Å²) in [5, 5.41) is -0.308. The van der Waals surface area contributed by atoms with Crippen LogP contribution in [-0.2, 0) is 10.0 Å². The van der Waals surface area contributed by atoms with Crippen LogP contribution in [0, 0.1) is 0 Å². The molecule has 0 rings (SSSR count). The molecule has 3 nitrogen and oxygen atoms in total. The largest absolute Gasteiger partial charge is 0.216 e.